The predicted molar refractivity (Wildman–Crippen MR) is 80.1 cm³/mol. The molecule has 0 saturated heterocycles. The fourth-order valence-electron chi connectivity index (χ4n) is 2.11. The molecule has 0 rings (SSSR count). The first-order chi connectivity index (χ1) is 10.7. The van der Waals surface area contributed by atoms with Crippen LogP contribution >= 0.6 is 0 Å². The van der Waals surface area contributed by atoms with E-state index in [0.717, 1.165) is 21.3 Å². The molecule has 0 heterocycles. The maximum atomic E-state index is 12.0. The largest absolute Gasteiger partial charge is 0.468 e. The topological polar surface area (TPSA) is 108 Å². The monoisotopic (exact) mass is 331 g/mol. The molecule has 0 bridgehead atoms. The molecular weight excluding hydrogens is 306 g/mol. The van der Waals surface area contributed by atoms with Gasteiger partial charge in [0.05, 0.1) is 21.3 Å². The van der Waals surface area contributed by atoms with E-state index in [2.05, 4.69) is 19.5 Å². The first kappa shape index (κ1) is 20.9. The summed E-state index contributed by atoms with van der Waals surface area (Å²) < 4.78 is 13.8. The molecule has 0 fully saturated rings. The van der Waals surface area contributed by atoms with Crippen LogP contribution < -0.4 is 5.32 Å². The highest BCUT2D eigenvalue weighted by Gasteiger charge is 2.42. The summed E-state index contributed by atoms with van der Waals surface area (Å²) in [5, 5.41) is 2.51. The van der Waals surface area contributed by atoms with Crippen LogP contribution in [0.25, 0.3) is 0 Å². The first-order valence-corrected chi connectivity index (χ1v) is 7.22. The summed E-state index contributed by atoms with van der Waals surface area (Å²) in [4.78, 5) is 47.6. The van der Waals surface area contributed by atoms with E-state index in [0.29, 0.717) is 0 Å². The summed E-state index contributed by atoms with van der Waals surface area (Å²) in [6, 6.07) is -1.17. The second-order valence-corrected chi connectivity index (χ2v) is 5.55. The summed E-state index contributed by atoms with van der Waals surface area (Å²) in [7, 11) is 3.40. The van der Waals surface area contributed by atoms with Gasteiger partial charge in [-0.25, -0.2) is 4.79 Å². The van der Waals surface area contributed by atoms with Crippen molar-refractivity contribution in [1.82, 2.24) is 5.32 Å². The van der Waals surface area contributed by atoms with Crippen LogP contribution in [-0.2, 0) is 33.4 Å². The molecule has 0 unspecified atom stereocenters. The lowest BCUT2D eigenvalue weighted by Gasteiger charge is -2.27. The Kier molecular flexibility index (Phi) is 8.90. The maximum Gasteiger partial charge on any atom is 0.328 e. The highest BCUT2D eigenvalue weighted by molar-refractivity contribution is 5.96. The molecule has 0 spiro atoms. The molecule has 8 nitrogen and oxygen atoms in total. The van der Waals surface area contributed by atoms with Gasteiger partial charge >= 0.3 is 17.9 Å². The molecule has 0 aromatic heterocycles. The zero-order valence-corrected chi connectivity index (χ0v) is 14.4. The Labute approximate surface area is 135 Å². The standard InChI is InChI=1S/C15H25NO7/c1-8(2)7-10(17)16-12(15(20)23-6)9(3)11(13(18)21-4)14(19)22-5/h8-9,11-12H,7H2,1-6H3,(H,16,17)/t9-,12+/m1/s1. The SMILES string of the molecule is COC(=O)C(C(=O)OC)[C@@H](C)[C@H](NC(=O)CC(C)C)C(=O)OC. The van der Waals surface area contributed by atoms with Gasteiger partial charge in [-0.2, -0.15) is 0 Å². The smallest absolute Gasteiger partial charge is 0.328 e. The van der Waals surface area contributed by atoms with Crippen molar-refractivity contribution in [3.63, 3.8) is 0 Å². The maximum absolute atomic E-state index is 12.0. The molecule has 23 heavy (non-hydrogen) atoms. The highest BCUT2D eigenvalue weighted by atomic mass is 16.5. The minimum Gasteiger partial charge on any atom is -0.468 e. The second-order valence-electron chi connectivity index (χ2n) is 5.55. The van der Waals surface area contributed by atoms with Crippen molar-refractivity contribution < 1.29 is 33.4 Å². The zero-order chi connectivity index (χ0) is 18.2. The molecule has 0 aliphatic carbocycles. The van der Waals surface area contributed by atoms with Crippen molar-refractivity contribution >= 4 is 23.8 Å². The lowest BCUT2D eigenvalue weighted by atomic mass is 9.87. The zero-order valence-electron chi connectivity index (χ0n) is 14.4. The van der Waals surface area contributed by atoms with Gasteiger partial charge < -0.3 is 19.5 Å². The summed E-state index contributed by atoms with van der Waals surface area (Å²) in [6.45, 7) is 5.17. The van der Waals surface area contributed by atoms with Crippen molar-refractivity contribution in [3.05, 3.63) is 0 Å². The Bertz CT molecular complexity index is 431. The van der Waals surface area contributed by atoms with Crippen LogP contribution in [0.15, 0.2) is 0 Å². The minimum absolute atomic E-state index is 0.0839. The van der Waals surface area contributed by atoms with Gasteiger partial charge in [-0.15, -0.1) is 0 Å². The second kappa shape index (κ2) is 9.81. The molecule has 0 aliphatic heterocycles. The average molecular weight is 331 g/mol. The van der Waals surface area contributed by atoms with E-state index in [1.165, 1.54) is 6.92 Å². The normalized spacial score (nSPS) is 13.2. The van der Waals surface area contributed by atoms with Crippen LogP contribution in [0.2, 0.25) is 0 Å². The van der Waals surface area contributed by atoms with Gasteiger partial charge in [0.2, 0.25) is 5.91 Å². The summed E-state index contributed by atoms with van der Waals surface area (Å²) in [5.74, 6) is -5.01. The van der Waals surface area contributed by atoms with Gasteiger partial charge in [0.1, 0.15) is 6.04 Å². The Balaban J connectivity index is 5.42. The Morgan fingerprint density at radius 3 is 1.61 bits per heavy atom. The van der Waals surface area contributed by atoms with E-state index >= 15 is 0 Å². The van der Waals surface area contributed by atoms with Gasteiger partial charge in [-0.3, -0.25) is 14.4 Å². The number of methoxy groups -OCH3 is 3. The van der Waals surface area contributed by atoms with E-state index in [-0.39, 0.29) is 18.2 Å². The summed E-state index contributed by atoms with van der Waals surface area (Å²) in [6.07, 6.45) is 0.196. The minimum atomic E-state index is -1.35. The lowest BCUT2D eigenvalue weighted by molar-refractivity contribution is -0.163. The van der Waals surface area contributed by atoms with Crippen molar-refractivity contribution in [2.45, 2.75) is 33.2 Å². The third-order valence-electron chi connectivity index (χ3n) is 3.33. The van der Waals surface area contributed by atoms with E-state index < -0.39 is 35.8 Å². The molecule has 2 atom stereocenters. The first-order valence-electron chi connectivity index (χ1n) is 7.22. The number of hydrogen-bond donors (Lipinski definition) is 1. The fraction of sp³-hybridized carbons (Fsp3) is 0.733. The van der Waals surface area contributed by atoms with Crippen LogP contribution in [0, 0.1) is 17.8 Å². The third kappa shape index (κ3) is 6.25. The number of nitrogens with one attached hydrogen (secondary N) is 1. The summed E-state index contributed by atoms with van der Waals surface area (Å²) in [5.41, 5.74) is 0. The van der Waals surface area contributed by atoms with Crippen LogP contribution in [0.4, 0.5) is 0 Å². The Morgan fingerprint density at radius 1 is 0.826 bits per heavy atom. The molecule has 8 heteroatoms. The van der Waals surface area contributed by atoms with Gasteiger partial charge in [-0.05, 0) is 5.92 Å². The number of rotatable bonds is 8. The molecule has 132 valence electrons. The van der Waals surface area contributed by atoms with Crippen molar-refractivity contribution in [3.8, 4) is 0 Å². The molecule has 0 aliphatic rings. The van der Waals surface area contributed by atoms with Gasteiger partial charge in [0, 0.05) is 12.3 Å². The average Bonchev–Trinajstić information content (AvgIpc) is 2.50. The van der Waals surface area contributed by atoms with Crippen molar-refractivity contribution in [2.24, 2.45) is 17.8 Å². The molecule has 1 N–H and O–H groups in total. The molecule has 0 aromatic rings. The van der Waals surface area contributed by atoms with E-state index in [9.17, 15) is 19.2 Å². The quantitative estimate of drug-likeness (QED) is 0.387. The lowest BCUT2D eigenvalue weighted by Crippen LogP contribution is -2.51. The molecular formula is C15H25NO7. The van der Waals surface area contributed by atoms with Crippen LogP contribution in [0.3, 0.4) is 0 Å². The van der Waals surface area contributed by atoms with E-state index in [1.807, 2.05) is 13.8 Å². The van der Waals surface area contributed by atoms with Crippen molar-refractivity contribution in [1.29, 1.82) is 0 Å². The van der Waals surface area contributed by atoms with Gasteiger partial charge in [0.15, 0.2) is 5.92 Å². The van der Waals surface area contributed by atoms with E-state index in [1.54, 1.807) is 0 Å². The Morgan fingerprint density at radius 2 is 1.26 bits per heavy atom. The van der Waals surface area contributed by atoms with Crippen molar-refractivity contribution in [2.75, 3.05) is 21.3 Å². The molecule has 0 saturated carbocycles. The number of ether oxygens (including phenoxy) is 3. The predicted octanol–water partition coefficient (Wildman–Crippen LogP) is 0.289. The molecule has 1 amide bonds. The van der Waals surface area contributed by atoms with Crippen LogP contribution in [0.1, 0.15) is 27.2 Å². The number of hydrogen-bond acceptors (Lipinski definition) is 7. The number of carbonyl (C=O) groups excluding carboxylic acids is 4. The van der Waals surface area contributed by atoms with Gasteiger partial charge in [0.25, 0.3) is 0 Å². The van der Waals surface area contributed by atoms with Crippen LogP contribution in [0.5, 0.6) is 0 Å². The number of carbonyl (C=O) groups is 4. The Hall–Kier alpha value is -2.12. The fourth-order valence-corrected chi connectivity index (χ4v) is 2.11. The van der Waals surface area contributed by atoms with E-state index in [4.69, 9.17) is 0 Å². The molecule has 0 aromatic carbocycles. The number of amides is 1. The van der Waals surface area contributed by atoms with Gasteiger partial charge in [-0.1, -0.05) is 20.8 Å². The molecule has 0 radical (unpaired) electrons. The number of esters is 3. The third-order valence-corrected chi connectivity index (χ3v) is 3.33. The highest BCUT2D eigenvalue weighted by Crippen LogP contribution is 2.20. The van der Waals surface area contributed by atoms with Crippen LogP contribution in [-0.4, -0.2) is 51.2 Å². The summed E-state index contributed by atoms with van der Waals surface area (Å²) >= 11 is 0.